The summed E-state index contributed by atoms with van der Waals surface area (Å²) in [6.07, 6.45) is 1.80. The Morgan fingerprint density at radius 2 is 2.31 bits per heavy atom. The molecule has 1 aliphatic rings. The van der Waals surface area contributed by atoms with Gasteiger partial charge in [0, 0.05) is 6.54 Å². The van der Waals surface area contributed by atoms with Crippen LogP contribution in [0.4, 0.5) is 0 Å². The molecule has 0 aliphatic carbocycles. The topological polar surface area (TPSA) is 40.5 Å². The molecular weight excluding hydrogens is 166 g/mol. The Labute approximate surface area is 79.7 Å². The van der Waals surface area contributed by atoms with Crippen LogP contribution in [0.5, 0.6) is 0 Å². The molecule has 0 saturated carbocycles. The van der Waals surface area contributed by atoms with Gasteiger partial charge in [0.05, 0.1) is 0 Å². The molecule has 1 saturated heterocycles. The number of likely N-dealkylation sites (tertiary alicyclic amines) is 1. The lowest BCUT2D eigenvalue weighted by Crippen LogP contribution is -2.50. The standard InChI is InChI=1S/C10H19NO2/c1-4-10(3,9(12)13)11-6-5-8(2)7-11/h8H,4-7H2,1-3H3,(H,12,13). The number of hydrogen-bond donors (Lipinski definition) is 1. The fourth-order valence-corrected chi connectivity index (χ4v) is 1.89. The van der Waals surface area contributed by atoms with E-state index in [2.05, 4.69) is 11.8 Å². The Kier molecular flexibility index (Phi) is 2.96. The maximum absolute atomic E-state index is 11.1. The average molecular weight is 185 g/mol. The second-order valence-electron chi connectivity index (χ2n) is 4.27. The molecule has 0 amide bonds. The largest absolute Gasteiger partial charge is 0.480 e. The minimum absolute atomic E-state index is 0.644. The smallest absolute Gasteiger partial charge is 0.323 e. The van der Waals surface area contributed by atoms with Gasteiger partial charge in [-0.2, -0.15) is 0 Å². The first kappa shape index (κ1) is 10.5. The van der Waals surface area contributed by atoms with Crippen molar-refractivity contribution >= 4 is 5.97 Å². The van der Waals surface area contributed by atoms with Crippen LogP contribution in [-0.4, -0.2) is 34.6 Å². The molecule has 1 heterocycles. The summed E-state index contributed by atoms with van der Waals surface area (Å²) in [5, 5.41) is 9.14. The molecule has 0 radical (unpaired) electrons. The van der Waals surface area contributed by atoms with Crippen LogP contribution in [0.2, 0.25) is 0 Å². The molecule has 1 aliphatic heterocycles. The first-order valence-corrected chi connectivity index (χ1v) is 4.99. The van der Waals surface area contributed by atoms with E-state index in [1.807, 2.05) is 13.8 Å². The van der Waals surface area contributed by atoms with Crippen LogP contribution in [0.1, 0.15) is 33.6 Å². The fraction of sp³-hybridized carbons (Fsp3) is 0.900. The van der Waals surface area contributed by atoms with Crippen molar-refractivity contribution < 1.29 is 9.90 Å². The summed E-state index contributed by atoms with van der Waals surface area (Å²) in [5.41, 5.74) is -0.648. The van der Waals surface area contributed by atoms with E-state index < -0.39 is 11.5 Å². The third-order valence-electron chi connectivity index (χ3n) is 3.27. The van der Waals surface area contributed by atoms with Crippen molar-refractivity contribution in [2.45, 2.75) is 39.2 Å². The van der Waals surface area contributed by atoms with Gasteiger partial charge in [-0.1, -0.05) is 13.8 Å². The summed E-state index contributed by atoms with van der Waals surface area (Å²) in [5.74, 6) is -0.0469. The highest BCUT2D eigenvalue weighted by atomic mass is 16.4. The number of carbonyl (C=O) groups is 1. The highest BCUT2D eigenvalue weighted by Gasteiger charge is 2.40. The zero-order valence-electron chi connectivity index (χ0n) is 8.71. The van der Waals surface area contributed by atoms with Gasteiger partial charge in [-0.05, 0) is 32.2 Å². The van der Waals surface area contributed by atoms with Crippen molar-refractivity contribution in [2.75, 3.05) is 13.1 Å². The summed E-state index contributed by atoms with van der Waals surface area (Å²) in [4.78, 5) is 13.2. The minimum atomic E-state index is -0.691. The Morgan fingerprint density at radius 3 is 2.62 bits per heavy atom. The lowest BCUT2D eigenvalue weighted by atomic mass is 9.97. The van der Waals surface area contributed by atoms with Crippen molar-refractivity contribution in [3.05, 3.63) is 0 Å². The van der Waals surface area contributed by atoms with Gasteiger partial charge in [0.15, 0.2) is 0 Å². The summed E-state index contributed by atoms with van der Waals surface area (Å²) >= 11 is 0. The third-order valence-corrected chi connectivity index (χ3v) is 3.27. The van der Waals surface area contributed by atoms with Gasteiger partial charge in [0.2, 0.25) is 0 Å². The van der Waals surface area contributed by atoms with Gasteiger partial charge >= 0.3 is 5.97 Å². The molecule has 0 aromatic heterocycles. The molecule has 3 heteroatoms. The highest BCUT2D eigenvalue weighted by molar-refractivity contribution is 5.78. The van der Waals surface area contributed by atoms with Crippen molar-refractivity contribution in [3.63, 3.8) is 0 Å². The van der Waals surface area contributed by atoms with Gasteiger partial charge in [0.25, 0.3) is 0 Å². The molecule has 13 heavy (non-hydrogen) atoms. The van der Waals surface area contributed by atoms with E-state index in [0.717, 1.165) is 19.5 Å². The van der Waals surface area contributed by atoms with Gasteiger partial charge < -0.3 is 5.11 Å². The molecular formula is C10H19NO2. The predicted molar refractivity (Wildman–Crippen MR) is 51.7 cm³/mol. The number of aliphatic carboxylic acids is 1. The monoisotopic (exact) mass is 185 g/mol. The second-order valence-corrected chi connectivity index (χ2v) is 4.27. The van der Waals surface area contributed by atoms with Gasteiger partial charge in [-0.15, -0.1) is 0 Å². The number of carboxylic acids is 1. The summed E-state index contributed by atoms with van der Waals surface area (Å²) < 4.78 is 0. The van der Waals surface area contributed by atoms with Crippen LogP contribution in [0.15, 0.2) is 0 Å². The van der Waals surface area contributed by atoms with E-state index in [9.17, 15) is 4.79 Å². The molecule has 2 unspecified atom stereocenters. The van der Waals surface area contributed by atoms with E-state index in [-0.39, 0.29) is 0 Å². The van der Waals surface area contributed by atoms with Crippen LogP contribution in [0.3, 0.4) is 0 Å². The average Bonchev–Trinajstić information content (AvgIpc) is 2.50. The van der Waals surface area contributed by atoms with E-state index in [4.69, 9.17) is 5.11 Å². The maximum Gasteiger partial charge on any atom is 0.323 e. The van der Waals surface area contributed by atoms with Crippen LogP contribution >= 0.6 is 0 Å². The maximum atomic E-state index is 11.1. The van der Waals surface area contributed by atoms with Crippen LogP contribution in [0.25, 0.3) is 0 Å². The lowest BCUT2D eigenvalue weighted by molar-refractivity contribution is -0.150. The van der Waals surface area contributed by atoms with Crippen LogP contribution < -0.4 is 0 Å². The number of carboxylic acid groups (broad SMARTS) is 1. The number of nitrogens with zero attached hydrogens (tertiary/aromatic N) is 1. The van der Waals surface area contributed by atoms with E-state index in [1.165, 1.54) is 0 Å². The summed E-state index contributed by atoms with van der Waals surface area (Å²) in [6, 6.07) is 0. The molecule has 0 bridgehead atoms. The molecule has 1 fully saturated rings. The molecule has 0 aromatic rings. The Morgan fingerprint density at radius 1 is 1.69 bits per heavy atom. The fourth-order valence-electron chi connectivity index (χ4n) is 1.89. The normalized spacial score (nSPS) is 28.7. The molecule has 1 N–H and O–H groups in total. The van der Waals surface area contributed by atoms with Crippen molar-refractivity contribution in [2.24, 2.45) is 5.92 Å². The molecule has 3 nitrogen and oxygen atoms in total. The molecule has 0 spiro atoms. The Bertz CT molecular complexity index is 205. The molecule has 76 valence electrons. The first-order valence-electron chi connectivity index (χ1n) is 4.99. The quantitative estimate of drug-likeness (QED) is 0.725. The van der Waals surface area contributed by atoms with Crippen molar-refractivity contribution in [3.8, 4) is 0 Å². The van der Waals surface area contributed by atoms with E-state index in [0.29, 0.717) is 12.3 Å². The van der Waals surface area contributed by atoms with Crippen molar-refractivity contribution in [1.82, 2.24) is 4.90 Å². The second kappa shape index (κ2) is 3.66. The summed E-state index contributed by atoms with van der Waals surface area (Å²) in [7, 11) is 0. The van der Waals surface area contributed by atoms with Crippen LogP contribution in [-0.2, 0) is 4.79 Å². The van der Waals surface area contributed by atoms with Gasteiger partial charge in [0.1, 0.15) is 5.54 Å². The molecule has 2 atom stereocenters. The van der Waals surface area contributed by atoms with Gasteiger partial charge in [-0.3, -0.25) is 9.69 Å². The molecule has 0 aromatic carbocycles. The van der Waals surface area contributed by atoms with Crippen molar-refractivity contribution in [1.29, 1.82) is 0 Å². The predicted octanol–water partition coefficient (Wildman–Crippen LogP) is 1.58. The first-order chi connectivity index (χ1) is 6.00. The zero-order chi connectivity index (χ0) is 10.1. The van der Waals surface area contributed by atoms with Gasteiger partial charge in [-0.25, -0.2) is 0 Å². The van der Waals surface area contributed by atoms with E-state index in [1.54, 1.807) is 0 Å². The Balaban J connectivity index is 2.72. The summed E-state index contributed by atoms with van der Waals surface area (Å²) in [6.45, 7) is 7.80. The number of rotatable bonds is 3. The molecule has 1 rings (SSSR count). The zero-order valence-corrected chi connectivity index (χ0v) is 8.71. The highest BCUT2D eigenvalue weighted by Crippen LogP contribution is 2.27. The van der Waals surface area contributed by atoms with Crippen LogP contribution in [0, 0.1) is 5.92 Å². The Hall–Kier alpha value is -0.570. The lowest BCUT2D eigenvalue weighted by Gasteiger charge is -2.34. The number of hydrogen-bond acceptors (Lipinski definition) is 2. The SMILES string of the molecule is CCC(C)(C(=O)O)N1CCC(C)C1. The van der Waals surface area contributed by atoms with E-state index >= 15 is 0 Å². The minimum Gasteiger partial charge on any atom is -0.480 e. The third kappa shape index (κ3) is 1.85.